The van der Waals surface area contributed by atoms with E-state index in [0.29, 0.717) is 13.2 Å². The molecule has 2 nitrogen and oxygen atoms in total. The lowest BCUT2D eigenvalue weighted by Crippen LogP contribution is -2.03. The van der Waals surface area contributed by atoms with Crippen LogP contribution in [0.3, 0.4) is 0 Å². The highest BCUT2D eigenvalue weighted by Gasteiger charge is 2.11. The molecule has 0 spiro atoms. The van der Waals surface area contributed by atoms with Gasteiger partial charge >= 0.3 is 0 Å². The van der Waals surface area contributed by atoms with Gasteiger partial charge in [0, 0.05) is 12.0 Å². The molecular formula is C19H20O2. The Balaban J connectivity index is 2.29. The van der Waals surface area contributed by atoms with Gasteiger partial charge in [-0.1, -0.05) is 67.8 Å². The van der Waals surface area contributed by atoms with Crippen LogP contribution in [0.2, 0.25) is 0 Å². The Morgan fingerprint density at radius 2 is 1.52 bits per heavy atom. The van der Waals surface area contributed by atoms with Gasteiger partial charge in [0.05, 0.1) is 0 Å². The molecule has 0 saturated carbocycles. The van der Waals surface area contributed by atoms with Gasteiger partial charge in [-0.25, -0.2) is 0 Å². The Labute approximate surface area is 126 Å². The molecule has 2 rings (SSSR count). The largest absolute Gasteiger partial charge is 0.486 e. The van der Waals surface area contributed by atoms with Crippen LogP contribution in [-0.4, -0.2) is 13.2 Å². The molecule has 2 aromatic carbocycles. The number of ether oxygens (including phenoxy) is 2. The van der Waals surface area contributed by atoms with Crippen LogP contribution in [-0.2, 0) is 6.42 Å². The quantitative estimate of drug-likeness (QED) is 0.667. The van der Waals surface area contributed by atoms with Gasteiger partial charge in [0.2, 0.25) is 0 Å². The zero-order valence-electron chi connectivity index (χ0n) is 12.1. The Kier molecular flexibility index (Phi) is 5.65. The van der Waals surface area contributed by atoms with E-state index in [9.17, 15) is 0 Å². The predicted molar refractivity (Wildman–Crippen MR) is 87.1 cm³/mol. The fraction of sp³-hybridized carbons (Fsp3) is 0.158. The van der Waals surface area contributed by atoms with E-state index < -0.39 is 0 Å². The third-order valence-electron chi connectivity index (χ3n) is 3.00. The van der Waals surface area contributed by atoms with Crippen molar-refractivity contribution in [3.63, 3.8) is 0 Å². The zero-order chi connectivity index (χ0) is 14.9. The molecule has 0 radical (unpaired) electrons. The van der Waals surface area contributed by atoms with Crippen molar-refractivity contribution < 1.29 is 9.47 Å². The molecule has 0 aliphatic rings. The molecule has 0 aliphatic carbocycles. The van der Waals surface area contributed by atoms with Crippen molar-refractivity contribution in [3.05, 3.63) is 85.0 Å². The molecule has 0 heterocycles. The van der Waals surface area contributed by atoms with Crippen molar-refractivity contribution in [2.45, 2.75) is 6.42 Å². The summed E-state index contributed by atoms with van der Waals surface area (Å²) in [5, 5.41) is 0. The smallest absolute Gasteiger partial charge is 0.165 e. The SMILES string of the molecule is C=CCOc1cccc(Cc2ccccc2)c1OCC=C. The molecule has 0 saturated heterocycles. The highest BCUT2D eigenvalue weighted by molar-refractivity contribution is 5.48. The lowest BCUT2D eigenvalue weighted by molar-refractivity contribution is 0.306. The Bertz CT molecular complexity index is 588. The van der Waals surface area contributed by atoms with Crippen molar-refractivity contribution >= 4 is 0 Å². The number of para-hydroxylation sites is 1. The van der Waals surface area contributed by atoms with Crippen molar-refractivity contribution in [2.75, 3.05) is 13.2 Å². The van der Waals surface area contributed by atoms with E-state index in [1.54, 1.807) is 12.2 Å². The fourth-order valence-electron chi connectivity index (χ4n) is 2.08. The zero-order valence-corrected chi connectivity index (χ0v) is 12.1. The van der Waals surface area contributed by atoms with Gasteiger partial charge in [0.15, 0.2) is 11.5 Å². The van der Waals surface area contributed by atoms with Crippen LogP contribution in [0.15, 0.2) is 73.8 Å². The summed E-state index contributed by atoms with van der Waals surface area (Å²) in [6.45, 7) is 8.29. The van der Waals surface area contributed by atoms with Gasteiger partial charge in [0.1, 0.15) is 13.2 Å². The van der Waals surface area contributed by atoms with Crippen LogP contribution < -0.4 is 9.47 Å². The molecule has 108 valence electrons. The molecule has 2 aromatic rings. The summed E-state index contributed by atoms with van der Waals surface area (Å²) in [4.78, 5) is 0. The predicted octanol–water partition coefficient (Wildman–Crippen LogP) is 4.41. The summed E-state index contributed by atoms with van der Waals surface area (Å²) in [5.41, 5.74) is 2.34. The third-order valence-corrected chi connectivity index (χ3v) is 3.00. The average Bonchev–Trinajstić information content (AvgIpc) is 2.53. The fourth-order valence-corrected chi connectivity index (χ4v) is 2.08. The highest BCUT2D eigenvalue weighted by Crippen LogP contribution is 2.33. The monoisotopic (exact) mass is 280 g/mol. The first kappa shape index (κ1) is 14.9. The summed E-state index contributed by atoms with van der Waals surface area (Å²) >= 11 is 0. The van der Waals surface area contributed by atoms with Gasteiger partial charge in [-0.15, -0.1) is 0 Å². The first-order chi connectivity index (χ1) is 10.3. The van der Waals surface area contributed by atoms with Gasteiger partial charge in [0.25, 0.3) is 0 Å². The molecule has 0 fully saturated rings. The minimum absolute atomic E-state index is 0.455. The Morgan fingerprint density at radius 3 is 2.24 bits per heavy atom. The standard InChI is InChI=1S/C19H20O2/c1-3-13-20-18-12-8-11-17(19(18)21-14-4-2)15-16-9-6-5-7-10-16/h3-12H,1-2,13-15H2. The van der Waals surface area contributed by atoms with Crippen LogP contribution in [0.4, 0.5) is 0 Å². The second-order valence-corrected chi connectivity index (χ2v) is 4.61. The van der Waals surface area contributed by atoms with Gasteiger partial charge in [-0.3, -0.25) is 0 Å². The molecule has 0 N–H and O–H groups in total. The molecular weight excluding hydrogens is 260 g/mol. The summed E-state index contributed by atoms with van der Waals surface area (Å²) in [6, 6.07) is 16.3. The molecule has 0 aromatic heterocycles. The van der Waals surface area contributed by atoms with Crippen molar-refractivity contribution in [2.24, 2.45) is 0 Å². The summed E-state index contributed by atoms with van der Waals surface area (Å²) in [6.07, 6.45) is 4.26. The molecule has 0 bridgehead atoms. The average molecular weight is 280 g/mol. The minimum Gasteiger partial charge on any atom is -0.486 e. The highest BCUT2D eigenvalue weighted by atomic mass is 16.5. The van der Waals surface area contributed by atoms with E-state index in [0.717, 1.165) is 23.5 Å². The van der Waals surface area contributed by atoms with Gasteiger partial charge in [-0.2, -0.15) is 0 Å². The Morgan fingerprint density at radius 1 is 0.810 bits per heavy atom. The number of hydrogen-bond donors (Lipinski definition) is 0. The molecule has 2 heteroatoms. The molecule has 0 amide bonds. The van der Waals surface area contributed by atoms with E-state index >= 15 is 0 Å². The number of rotatable bonds is 8. The van der Waals surface area contributed by atoms with Crippen molar-refractivity contribution in [1.82, 2.24) is 0 Å². The minimum atomic E-state index is 0.455. The normalized spacial score (nSPS) is 9.90. The molecule has 0 aliphatic heterocycles. The van der Waals surface area contributed by atoms with Gasteiger partial charge in [-0.05, 0) is 11.6 Å². The summed E-state index contributed by atoms with van der Waals surface area (Å²) < 4.78 is 11.5. The maximum absolute atomic E-state index is 5.81. The van der Waals surface area contributed by atoms with Crippen molar-refractivity contribution in [3.8, 4) is 11.5 Å². The van der Waals surface area contributed by atoms with Crippen LogP contribution in [0.5, 0.6) is 11.5 Å². The maximum Gasteiger partial charge on any atom is 0.165 e. The Hall–Kier alpha value is -2.48. The van der Waals surface area contributed by atoms with Crippen LogP contribution in [0.25, 0.3) is 0 Å². The number of hydrogen-bond acceptors (Lipinski definition) is 2. The molecule has 0 atom stereocenters. The summed E-state index contributed by atoms with van der Waals surface area (Å²) in [5.74, 6) is 1.52. The van der Waals surface area contributed by atoms with E-state index in [4.69, 9.17) is 9.47 Å². The lowest BCUT2D eigenvalue weighted by atomic mass is 10.0. The topological polar surface area (TPSA) is 18.5 Å². The van der Waals surface area contributed by atoms with E-state index in [-0.39, 0.29) is 0 Å². The maximum atomic E-state index is 5.81. The summed E-state index contributed by atoms with van der Waals surface area (Å²) in [7, 11) is 0. The van der Waals surface area contributed by atoms with Crippen molar-refractivity contribution in [1.29, 1.82) is 0 Å². The van der Waals surface area contributed by atoms with E-state index in [2.05, 4.69) is 31.4 Å². The van der Waals surface area contributed by atoms with E-state index in [1.165, 1.54) is 5.56 Å². The molecule has 0 unspecified atom stereocenters. The van der Waals surface area contributed by atoms with Crippen LogP contribution in [0.1, 0.15) is 11.1 Å². The molecule has 21 heavy (non-hydrogen) atoms. The van der Waals surface area contributed by atoms with Gasteiger partial charge < -0.3 is 9.47 Å². The third kappa shape index (κ3) is 4.25. The first-order valence-corrected chi connectivity index (χ1v) is 6.98. The lowest BCUT2D eigenvalue weighted by Gasteiger charge is -2.15. The second-order valence-electron chi connectivity index (χ2n) is 4.61. The van der Waals surface area contributed by atoms with Crippen LogP contribution >= 0.6 is 0 Å². The van der Waals surface area contributed by atoms with E-state index in [1.807, 2.05) is 30.3 Å². The number of benzene rings is 2. The second kappa shape index (κ2) is 7.95. The first-order valence-electron chi connectivity index (χ1n) is 6.98. The van der Waals surface area contributed by atoms with Crippen LogP contribution in [0, 0.1) is 0 Å².